The van der Waals surface area contributed by atoms with E-state index in [-0.39, 0.29) is 18.4 Å². The molecule has 1 N–H and O–H groups in total. The molecule has 4 nitrogen and oxygen atoms in total. The van der Waals surface area contributed by atoms with Gasteiger partial charge in [0.05, 0.1) is 0 Å². The topological polar surface area (TPSA) is 43.8 Å². The fourth-order valence-corrected chi connectivity index (χ4v) is 2.95. The minimum Gasteiger partial charge on any atom is -0.396 e. The number of amides is 1. The number of rotatable bonds is 4. The van der Waals surface area contributed by atoms with E-state index in [9.17, 15) is 4.79 Å². The Hall–Kier alpha value is -0.610. The first-order valence-electron chi connectivity index (χ1n) is 6.83. The van der Waals surface area contributed by atoms with Crippen LogP contribution in [0.1, 0.15) is 32.6 Å². The summed E-state index contributed by atoms with van der Waals surface area (Å²) in [5, 5.41) is 9.10. The molecule has 2 rings (SSSR count). The van der Waals surface area contributed by atoms with Gasteiger partial charge in [-0.2, -0.15) is 0 Å². The zero-order valence-electron chi connectivity index (χ0n) is 10.8. The highest BCUT2D eigenvalue weighted by Gasteiger charge is 2.30. The first-order valence-corrected chi connectivity index (χ1v) is 6.83. The largest absolute Gasteiger partial charge is 0.396 e. The summed E-state index contributed by atoms with van der Waals surface area (Å²) < 4.78 is 0. The molecule has 98 valence electrons. The van der Waals surface area contributed by atoms with Crippen LogP contribution >= 0.6 is 0 Å². The van der Waals surface area contributed by atoms with Crippen LogP contribution in [0.25, 0.3) is 0 Å². The van der Waals surface area contributed by atoms with Gasteiger partial charge in [0.25, 0.3) is 0 Å². The summed E-state index contributed by atoms with van der Waals surface area (Å²) in [6, 6.07) is 0.455. The van der Waals surface area contributed by atoms with E-state index in [0.717, 1.165) is 13.1 Å². The molecule has 2 unspecified atom stereocenters. The van der Waals surface area contributed by atoms with E-state index in [1.165, 1.54) is 32.4 Å². The van der Waals surface area contributed by atoms with Crippen molar-refractivity contribution in [3.05, 3.63) is 0 Å². The third kappa shape index (κ3) is 3.19. The Morgan fingerprint density at radius 3 is 2.65 bits per heavy atom. The maximum absolute atomic E-state index is 11.8. The van der Waals surface area contributed by atoms with Crippen molar-refractivity contribution in [1.82, 2.24) is 9.80 Å². The molecule has 0 aromatic rings. The average Bonchev–Trinajstić information content (AvgIpc) is 2.71. The van der Waals surface area contributed by atoms with Gasteiger partial charge in [0.2, 0.25) is 5.91 Å². The monoisotopic (exact) mass is 240 g/mol. The van der Waals surface area contributed by atoms with Gasteiger partial charge in [0.1, 0.15) is 0 Å². The SMILES string of the molecule is CC(CN1CC(CO)CC1=O)N1CCCCC1. The molecule has 17 heavy (non-hydrogen) atoms. The van der Waals surface area contributed by atoms with Gasteiger partial charge in [-0.1, -0.05) is 6.42 Å². The van der Waals surface area contributed by atoms with Crippen LogP contribution in [0.15, 0.2) is 0 Å². The van der Waals surface area contributed by atoms with E-state index in [1.54, 1.807) is 0 Å². The number of piperidine rings is 1. The molecule has 0 radical (unpaired) electrons. The Morgan fingerprint density at radius 2 is 2.06 bits per heavy atom. The first kappa shape index (κ1) is 12.8. The maximum Gasteiger partial charge on any atom is 0.223 e. The van der Waals surface area contributed by atoms with Gasteiger partial charge >= 0.3 is 0 Å². The summed E-state index contributed by atoms with van der Waals surface area (Å²) >= 11 is 0. The van der Waals surface area contributed by atoms with E-state index < -0.39 is 0 Å². The highest BCUT2D eigenvalue weighted by atomic mass is 16.3. The summed E-state index contributed by atoms with van der Waals surface area (Å²) in [6.07, 6.45) is 4.46. The van der Waals surface area contributed by atoms with Gasteiger partial charge in [-0.25, -0.2) is 0 Å². The molecule has 2 aliphatic heterocycles. The van der Waals surface area contributed by atoms with Gasteiger partial charge < -0.3 is 10.0 Å². The lowest BCUT2D eigenvalue weighted by Crippen LogP contribution is -2.45. The lowest BCUT2D eigenvalue weighted by atomic mass is 10.1. The quantitative estimate of drug-likeness (QED) is 0.787. The van der Waals surface area contributed by atoms with Crippen LogP contribution in [0.3, 0.4) is 0 Å². The Labute approximate surface area is 104 Å². The standard InChI is InChI=1S/C13H24N2O2/c1-11(14-5-3-2-4-6-14)8-15-9-12(10-16)7-13(15)17/h11-12,16H,2-10H2,1H3. The highest BCUT2D eigenvalue weighted by molar-refractivity contribution is 5.78. The predicted molar refractivity (Wildman–Crippen MR) is 66.7 cm³/mol. The van der Waals surface area contributed by atoms with E-state index in [2.05, 4.69) is 11.8 Å². The van der Waals surface area contributed by atoms with Gasteiger partial charge in [0.15, 0.2) is 0 Å². The first-order chi connectivity index (χ1) is 8.20. The van der Waals surface area contributed by atoms with Crippen LogP contribution in [-0.2, 0) is 4.79 Å². The molecule has 0 saturated carbocycles. The average molecular weight is 240 g/mol. The number of nitrogens with zero attached hydrogens (tertiary/aromatic N) is 2. The van der Waals surface area contributed by atoms with Crippen LogP contribution in [0.4, 0.5) is 0 Å². The third-order valence-corrected chi connectivity index (χ3v) is 4.05. The van der Waals surface area contributed by atoms with E-state index in [4.69, 9.17) is 5.11 Å². The second kappa shape index (κ2) is 5.83. The smallest absolute Gasteiger partial charge is 0.223 e. The van der Waals surface area contributed by atoms with Crippen LogP contribution in [0.5, 0.6) is 0 Å². The van der Waals surface area contributed by atoms with Gasteiger partial charge in [-0.05, 0) is 32.9 Å². The summed E-state index contributed by atoms with van der Waals surface area (Å²) in [4.78, 5) is 16.2. The zero-order valence-corrected chi connectivity index (χ0v) is 10.8. The van der Waals surface area contributed by atoms with Crippen molar-refractivity contribution >= 4 is 5.91 Å². The molecule has 2 atom stereocenters. The van der Waals surface area contributed by atoms with Crippen LogP contribution in [-0.4, -0.2) is 59.6 Å². The molecule has 0 aromatic carbocycles. The van der Waals surface area contributed by atoms with Crippen molar-refractivity contribution in [2.24, 2.45) is 5.92 Å². The van der Waals surface area contributed by atoms with E-state index in [0.29, 0.717) is 12.5 Å². The third-order valence-electron chi connectivity index (χ3n) is 4.05. The van der Waals surface area contributed by atoms with E-state index >= 15 is 0 Å². The molecule has 1 amide bonds. The molecule has 2 aliphatic rings. The number of hydrogen-bond donors (Lipinski definition) is 1. The van der Waals surface area contributed by atoms with Crippen molar-refractivity contribution in [3.8, 4) is 0 Å². The number of aliphatic hydroxyl groups excluding tert-OH is 1. The Kier molecular flexibility index (Phi) is 4.40. The van der Waals surface area contributed by atoms with Crippen molar-refractivity contribution in [2.75, 3.05) is 32.8 Å². The molecular formula is C13H24N2O2. The number of likely N-dealkylation sites (tertiary alicyclic amines) is 2. The number of hydrogen-bond acceptors (Lipinski definition) is 3. The fraction of sp³-hybridized carbons (Fsp3) is 0.923. The van der Waals surface area contributed by atoms with Crippen LogP contribution < -0.4 is 0 Å². The van der Waals surface area contributed by atoms with E-state index in [1.807, 2.05) is 4.90 Å². The molecule has 0 bridgehead atoms. The minimum atomic E-state index is 0.139. The Balaban J connectivity index is 1.81. The minimum absolute atomic E-state index is 0.139. The van der Waals surface area contributed by atoms with Crippen LogP contribution in [0.2, 0.25) is 0 Å². The Bertz CT molecular complexity index is 264. The number of carbonyl (C=O) groups is 1. The number of carbonyl (C=O) groups excluding carboxylic acids is 1. The summed E-state index contributed by atoms with van der Waals surface area (Å²) in [5.41, 5.74) is 0. The summed E-state index contributed by atoms with van der Waals surface area (Å²) in [6.45, 7) is 6.27. The lowest BCUT2D eigenvalue weighted by Gasteiger charge is -2.34. The van der Waals surface area contributed by atoms with Crippen molar-refractivity contribution in [3.63, 3.8) is 0 Å². The summed E-state index contributed by atoms with van der Waals surface area (Å²) in [5.74, 6) is 0.379. The van der Waals surface area contributed by atoms with Gasteiger partial charge in [-0.15, -0.1) is 0 Å². The van der Waals surface area contributed by atoms with Gasteiger partial charge in [0, 0.05) is 38.1 Å². The molecule has 0 aromatic heterocycles. The van der Waals surface area contributed by atoms with Gasteiger partial charge in [-0.3, -0.25) is 9.69 Å². The number of aliphatic hydroxyl groups is 1. The fourth-order valence-electron chi connectivity index (χ4n) is 2.95. The van der Waals surface area contributed by atoms with Crippen LogP contribution in [0, 0.1) is 5.92 Å². The molecule has 4 heteroatoms. The molecule has 2 fully saturated rings. The van der Waals surface area contributed by atoms with Crippen molar-refractivity contribution < 1.29 is 9.90 Å². The highest BCUT2D eigenvalue weighted by Crippen LogP contribution is 2.19. The lowest BCUT2D eigenvalue weighted by molar-refractivity contribution is -0.128. The molecule has 0 spiro atoms. The Morgan fingerprint density at radius 1 is 1.35 bits per heavy atom. The molecular weight excluding hydrogens is 216 g/mol. The normalized spacial score (nSPS) is 28.7. The summed E-state index contributed by atoms with van der Waals surface area (Å²) in [7, 11) is 0. The predicted octanol–water partition coefficient (Wildman–Crippen LogP) is 0.702. The molecule has 0 aliphatic carbocycles. The zero-order chi connectivity index (χ0) is 12.3. The molecule has 2 saturated heterocycles. The maximum atomic E-state index is 11.8. The van der Waals surface area contributed by atoms with Crippen molar-refractivity contribution in [1.29, 1.82) is 0 Å². The van der Waals surface area contributed by atoms with Crippen molar-refractivity contribution in [2.45, 2.75) is 38.6 Å². The second-order valence-corrected chi connectivity index (χ2v) is 5.50. The second-order valence-electron chi connectivity index (χ2n) is 5.50. The molecule has 2 heterocycles.